The fourth-order valence-electron chi connectivity index (χ4n) is 5.45. The van der Waals surface area contributed by atoms with E-state index in [4.69, 9.17) is 4.74 Å². The van der Waals surface area contributed by atoms with Gasteiger partial charge in [-0.25, -0.2) is 4.79 Å². The summed E-state index contributed by atoms with van der Waals surface area (Å²) >= 11 is 0. The summed E-state index contributed by atoms with van der Waals surface area (Å²) in [4.78, 5) is 39.1. The maximum Gasteiger partial charge on any atom is 0.407 e. The molecule has 0 saturated carbocycles. The highest BCUT2D eigenvalue weighted by Crippen LogP contribution is 2.44. The molecule has 2 N–H and O–H groups in total. The number of nitrogens with zero attached hydrogens (tertiary/aromatic N) is 1. The fraction of sp³-hybridized carbons (Fsp3) is 0.464. The second kappa shape index (κ2) is 10.9. The van der Waals surface area contributed by atoms with Crippen LogP contribution in [0.1, 0.15) is 56.6 Å². The van der Waals surface area contributed by atoms with Gasteiger partial charge in [0.15, 0.2) is 0 Å². The molecule has 0 aromatic heterocycles. The number of aliphatic carboxylic acids is 1. The van der Waals surface area contributed by atoms with Crippen LogP contribution in [-0.2, 0) is 14.3 Å². The lowest BCUT2D eigenvalue weighted by Gasteiger charge is -2.28. The van der Waals surface area contributed by atoms with Gasteiger partial charge in [-0.05, 0) is 53.4 Å². The predicted octanol–water partition coefficient (Wildman–Crippen LogP) is 4.65. The Labute approximate surface area is 206 Å². The molecular formula is C28H34N2O5. The lowest BCUT2D eigenvalue weighted by Crippen LogP contribution is -2.50. The molecule has 0 bridgehead atoms. The molecule has 2 aromatic rings. The number of ether oxygens (including phenoxy) is 1. The first kappa shape index (κ1) is 24.8. The average Bonchev–Trinajstić information content (AvgIpc) is 3.05. The Hall–Kier alpha value is -3.35. The Morgan fingerprint density at radius 2 is 1.66 bits per heavy atom. The molecule has 1 aliphatic heterocycles. The van der Waals surface area contributed by atoms with E-state index in [1.165, 1.54) is 0 Å². The molecule has 1 heterocycles. The number of rotatable bonds is 7. The van der Waals surface area contributed by atoms with Crippen LogP contribution in [0.25, 0.3) is 11.1 Å². The molecule has 4 rings (SSSR count). The third kappa shape index (κ3) is 5.84. The normalized spacial score (nSPS) is 20.3. The van der Waals surface area contributed by atoms with Crippen molar-refractivity contribution < 1.29 is 24.2 Å². The molecule has 35 heavy (non-hydrogen) atoms. The van der Waals surface area contributed by atoms with Gasteiger partial charge in [0.05, 0.1) is 0 Å². The van der Waals surface area contributed by atoms with E-state index in [2.05, 4.69) is 31.3 Å². The average molecular weight is 479 g/mol. The van der Waals surface area contributed by atoms with Crippen molar-refractivity contribution in [3.8, 4) is 11.1 Å². The maximum atomic E-state index is 13.3. The van der Waals surface area contributed by atoms with E-state index < -0.39 is 18.1 Å². The lowest BCUT2D eigenvalue weighted by atomic mass is 9.97. The smallest absolute Gasteiger partial charge is 0.407 e. The van der Waals surface area contributed by atoms with Crippen molar-refractivity contribution in [1.82, 2.24) is 10.2 Å². The minimum atomic E-state index is -1.00. The summed E-state index contributed by atoms with van der Waals surface area (Å²) in [6, 6.07) is 15.2. The van der Waals surface area contributed by atoms with Crippen LogP contribution in [0.5, 0.6) is 0 Å². The molecule has 3 unspecified atom stereocenters. The highest BCUT2D eigenvalue weighted by Gasteiger charge is 2.32. The van der Waals surface area contributed by atoms with Crippen molar-refractivity contribution in [2.45, 2.75) is 51.5 Å². The number of fused-ring (bicyclic) bond motifs is 3. The van der Waals surface area contributed by atoms with Crippen molar-refractivity contribution in [2.75, 3.05) is 19.7 Å². The quantitative estimate of drug-likeness (QED) is 0.604. The van der Waals surface area contributed by atoms with Gasteiger partial charge in [0.2, 0.25) is 5.91 Å². The van der Waals surface area contributed by atoms with E-state index in [-0.39, 0.29) is 31.3 Å². The summed E-state index contributed by atoms with van der Waals surface area (Å²) in [6.07, 6.45) is 1.06. The molecule has 0 radical (unpaired) electrons. The number of hydrogen-bond acceptors (Lipinski definition) is 4. The Morgan fingerprint density at radius 1 is 1.03 bits per heavy atom. The summed E-state index contributed by atoms with van der Waals surface area (Å²) < 4.78 is 5.61. The SMILES string of the molecule is CC1CCN(C(=O)C(CCC(=O)O)NC(=O)OCC2c3ccccc3-c3ccccc32)CC(C)C1. The molecule has 7 nitrogen and oxygen atoms in total. The highest BCUT2D eigenvalue weighted by molar-refractivity contribution is 5.86. The van der Waals surface area contributed by atoms with Gasteiger partial charge in [0, 0.05) is 25.4 Å². The predicted molar refractivity (Wildman–Crippen MR) is 133 cm³/mol. The topological polar surface area (TPSA) is 95.9 Å². The third-order valence-electron chi connectivity index (χ3n) is 7.12. The maximum absolute atomic E-state index is 13.3. The number of benzene rings is 2. The van der Waals surface area contributed by atoms with E-state index in [1.807, 2.05) is 36.4 Å². The minimum absolute atomic E-state index is 0.0266. The number of amides is 2. The standard InChI is InChI=1S/C28H34N2O5/c1-18-13-14-30(16-19(2)15-18)27(33)25(11-12-26(31)32)29-28(34)35-17-24-22-9-5-3-7-20(22)21-8-4-6-10-23(21)24/h3-10,18-19,24-25H,11-17H2,1-2H3,(H,29,34)(H,31,32). The van der Waals surface area contributed by atoms with E-state index in [0.29, 0.717) is 24.9 Å². The van der Waals surface area contributed by atoms with Crippen LogP contribution >= 0.6 is 0 Å². The molecule has 2 amide bonds. The Kier molecular flexibility index (Phi) is 7.73. The molecule has 1 saturated heterocycles. The van der Waals surface area contributed by atoms with Crippen LogP contribution in [0.15, 0.2) is 48.5 Å². The molecule has 2 aromatic carbocycles. The van der Waals surface area contributed by atoms with E-state index in [1.54, 1.807) is 4.90 Å². The summed E-state index contributed by atoms with van der Waals surface area (Å²) in [5.74, 6) is -0.452. The van der Waals surface area contributed by atoms with E-state index in [9.17, 15) is 19.5 Å². The summed E-state index contributed by atoms with van der Waals surface area (Å²) in [7, 11) is 0. The summed E-state index contributed by atoms with van der Waals surface area (Å²) in [5, 5.41) is 11.8. The second-order valence-corrected chi connectivity index (χ2v) is 9.97. The van der Waals surface area contributed by atoms with Gasteiger partial charge in [-0.15, -0.1) is 0 Å². The van der Waals surface area contributed by atoms with Crippen molar-refractivity contribution in [3.63, 3.8) is 0 Å². The lowest BCUT2D eigenvalue weighted by molar-refractivity contribution is -0.138. The number of carboxylic acid groups (broad SMARTS) is 1. The number of hydrogen-bond donors (Lipinski definition) is 2. The van der Waals surface area contributed by atoms with Gasteiger partial charge in [-0.3, -0.25) is 9.59 Å². The number of carbonyl (C=O) groups is 3. The van der Waals surface area contributed by atoms with Gasteiger partial charge >= 0.3 is 12.1 Å². The number of carboxylic acids is 1. The largest absolute Gasteiger partial charge is 0.481 e. The fourth-order valence-corrected chi connectivity index (χ4v) is 5.45. The third-order valence-corrected chi connectivity index (χ3v) is 7.12. The van der Waals surface area contributed by atoms with Crippen LogP contribution in [0, 0.1) is 11.8 Å². The van der Waals surface area contributed by atoms with Crippen molar-refractivity contribution in [2.24, 2.45) is 11.8 Å². The van der Waals surface area contributed by atoms with Gasteiger partial charge in [-0.1, -0.05) is 62.4 Å². The Bertz CT molecular complexity index is 1040. The first-order valence-corrected chi connectivity index (χ1v) is 12.5. The molecule has 186 valence electrons. The van der Waals surface area contributed by atoms with Gasteiger partial charge in [0.25, 0.3) is 0 Å². The second-order valence-electron chi connectivity index (χ2n) is 9.97. The minimum Gasteiger partial charge on any atom is -0.481 e. The van der Waals surface area contributed by atoms with Crippen molar-refractivity contribution in [3.05, 3.63) is 59.7 Å². The molecule has 0 spiro atoms. The molecule has 2 aliphatic rings. The van der Waals surface area contributed by atoms with Crippen LogP contribution in [0.4, 0.5) is 4.79 Å². The number of nitrogens with one attached hydrogen (secondary N) is 1. The van der Waals surface area contributed by atoms with E-state index >= 15 is 0 Å². The van der Waals surface area contributed by atoms with Crippen LogP contribution < -0.4 is 5.32 Å². The Morgan fingerprint density at radius 3 is 2.29 bits per heavy atom. The van der Waals surface area contributed by atoms with Gasteiger partial charge in [0.1, 0.15) is 12.6 Å². The first-order valence-electron chi connectivity index (χ1n) is 12.5. The summed E-state index contributed by atoms with van der Waals surface area (Å²) in [6.45, 7) is 5.66. The zero-order valence-corrected chi connectivity index (χ0v) is 20.4. The molecular weight excluding hydrogens is 444 g/mol. The zero-order chi connectivity index (χ0) is 24.9. The molecule has 1 aliphatic carbocycles. The first-order chi connectivity index (χ1) is 16.8. The van der Waals surface area contributed by atoms with Gasteiger partial charge in [-0.2, -0.15) is 0 Å². The Balaban J connectivity index is 1.43. The van der Waals surface area contributed by atoms with Crippen LogP contribution in [0.3, 0.4) is 0 Å². The monoisotopic (exact) mass is 478 g/mol. The summed E-state index contributed by atoms with van der Waals surface area (Å²) in [5.41, 5.74) is 4.48. The molecule has 7 heteroatoms. The number of carbonyl (C=O) groups excluding carboxylic acids is 2. The van der Waals surface area contributed by atoms with Gasteiger partial charge < -0.3 is 20.1 Å². The molecule has 1 fully saturated rings. The zero-order valence-electron chi connectivity index (χ0n) is 20.4. The molecule has 3 atom stereocenters. The van der Waals surface area contributed by atoms with Crippen molar-refractivity contribution in [1.29, 1.82) is 0 Å². The van der Waals surface area contributed by atoms with E-state index in [0.717, 1.165) is 35.1 Å². The van der Waals surface area contributed by atoms with Crippen LogP contribution in [0.2, 0.25) is 0 Å². The van der Waals surface area contributed by atoms with Crippen molar-refractivity contribution >= 4 is 18.0 Å². The number of likely N-dealkylation sites (tertiary alicyclic amines) is 1. The number of alkyl carbamates (subject to hydrolysis) is 1. The van der Waals surface area contributed by atoms with Crippen LogP contribution in [-0.4, -0.2) is 53.7 Å². The highest BCUT2D eigenvalue weighted by atomic mass is 16.5.